The highest BCUT2D eigenvalue weighted by atomic mass is 14.6. The molecule has 0 aliphatic heterocycles. The molecule has 0 radical (unpaired) electrons. The quantitative estimate of drug-likeness (QED) is 0.577. The zero-order chi connectivity index (χ0) is 12.4. The minimum Gasteiger partial charge on any atom is -0.264 e. The normalized spacial score (nSPS) is 10.2. The van der Waals surface area contributed by atoms with Gasteiger partial charge in [0.05, 0.1) is 0 Å². The molecule has 3 rings (SSSR count). The first-order chi connectivity index (χ1) is 8.90. The Labute approximate surface area is 106 Å². The predicted octanol–water partition coefficient (Wildman–Crippen LogP) is 3.88. The van der Waals surface area contributed by atoms with Gasteiger partial charge in [-0.05, 0) is 28.6 Å². The zero-order valence-corrected chi connectivity index (χ0v) is 9.80. The van der Waals surface area contributed by atoms with Gasteiger partial charge in [-0.2, -0.15) is 0 Å². The molecule has 0 atom stereocenters. The van der Waals surface area contributed by atoms with Crippen LogP contribution in [0.5, 0.6) is 0 Å². The summed E-state index contributed by atoms with van der Waals surface area (Å²) in [4.78, 5) is 4.15. The number of pyridine rings is 1. The van der Waals surface area contributed by atoms with E-state index in [1.807, 2.05) is 42.7 Å². The maximum absolute atomic E-state index is 5.57. The number of hydrogen-bond acceptors (Lipinski definition) is 1. The molecular formula is C17H11N. The Kier molecular flexibility index (Phi) is 2.55. The first-order valence-corrected chi connectivity index (χ1v) is 5.79. The van der Waals surface area contributed by atoms with E-state index in [0.29, 0.717) is 0 Å². The van der Waals surface area contributed by atoms with Gasteiger partial charge >= 0.3 is 0 Å². The molecule has 1 heterocycles. The van der Waals surface area contributed by atoms with Crippen LogP contribution >= 0.6 is 0 Å². The summed E-state index contributed by atoms with van der Waals surface area (Å²) in [5, 5.41) is 2.30. The lowest BCUT2D eigenvalue weighted by molar-refractivity contribution is 1.36. The molecule has 2 aromatic carbocycles. The van der Waals surface area contributed by atoms with E-state index in [1.165, 1.54) is 5.39 Å². The van der Waals surface area contributed by atoms with E-state index in [2.05, 4.69) is 29.1 Å². The van der Waals surface area contributed by atoms with Gasteiger partial charge in [-0.25, -0.2) is 0 Å². The molecule has 0 amide bonds. The van der Waals surface area contributed by atoms with Crippen LogP contribution in [0.2, 0.25) is 0 Å². The standard InChI is InChI=1S/C17H11N/c1-2-13-6-3-4-8-15(13)17-9-5-7-14-12-18-11-10-16(14)17/h1,3-12H. The molecule has 1 heteroatoms. The number of fused-ring (bicyclic) bond motifs is 1. The highest BCUT2D eigenvalue weighted by Crippen LogP contribution is 2.30. The monoisotopic (exact) mass is 229 g/mol. The topological polar surface area (TPSA) is 12.9 Å². The fourth-order valence-electron chi connectivity index (χ4n) is 2.20. The van der Waals surface area contributed by atoms with Crippen molar-refractivity contribution < 1.29 is 0 Å². The van der Waals surface area contributed by atoms with E-state index in [1.54, 1.807) is 0 Å². The second-order valence-electron chi connectivity index (χ2n) is 4.09. The third-order valence-corrected chi connectivity index (χ3v) is 3.05. The Hall–Kier alpha value is -2.59. The molecule has 0 aliphatic carbocycles. The van der Waals surface area contributed by atoms with Gasteiger partial charge in [0.2, 0.25) is 0 Å². The van der Waals surface area contributed by atoms with E-state index >= 15 is 0 Å². The van der Waals surface area contributed by atoms with Crippen molar-refractivity contribution in [2.45, 2.75) is 0 Å². The summed E-state index contributed by atoms with van der Waals surface area (Å²) >= 11 is 0. The summed E-state index contributed by atoms with van der Waals surface area (Å²) in [6, 6.07) is 16.2. The Balaban J connectivity index is 2.36. The fraction of sp³-hybridized carbons (Fsp3) is 0. The summed E-state index contributed by atoms with van der Waals surface area (Å²) in [5.41, 5.74) is 3.17. The molecule has 0 saturated heterocycles. The average molecular weight is 229 g/mol. The number of nitrogens with zero attached hydrogens (tertiary/aromatic N) is 1. The molecule has 1 aromatic heterocycles. The number of aromatic nitrogens is 1. The van der Waals surface area contributed by atoms with Crippen LogP contribution in [0.15, 0.2) is 60.9 Å². The van der Waals surface area contributed by atoms with Crippen molar-refractivity contribution >= 4 is 10.8 Å². The lowest BCUT2D eigenvalue weighted by atomic mass is 9.96. The third-order valence-electron chi connectivity index (χ3n) is 3.05. The minimum atomic E-state index is 0.918. The molecule has 84 valence electrons. The Morgan fingerprint density at radius 3 is 2.61 bits per heavy atom. The van der Waals surface area contributed by atoms with Crippen LogP contribution in [0.4, 0.5) is 0 Å². The number of hydrogen-bond donors (Lipinski definition) is 0. The Bertz CT molecular complexity index is 745. The van der Waals surface area contributed by atoms with Gasteiger partial charge in [0, 0.05) is 23.3 Å². The summed E-state index contributed by atoms with van der Waals surface area (Å²) in [7, 11) is 0. The largest absolute Gasteiger partial charge is 0.264 e. The van der Waals surface area contributed by atoms with Crippen LogP contribution in [0.1, 0.15) is 5.56 Å². The fourth-order valence-corrected chi connectivity index (χ4v) is 2.20. The SMILES string of the molecule is C#Cc1ccccc1-c1cccc2cnccc12. The smallest absolute Gasteiger partial charge is 0.0346 e. The van der Waals surface area contributed by atoms with Gasteiger partial charge < -0.3 is 0 Å². The highest BCUT2D eigenvalue weighted by molar-refractivity contribution is 5.97. The van der Waals surface area contributed by atoms with Gasteiger partial charge in [-0.3, -0.25) is 4.98 Å². The molecule has 0 aliphatic rings. The molecule has 0 bridgehead atoms. The van der Waals surface area contributed by atoms with Crippen LogP contribution in [0.3, 0.4) is 0 Å². The van der Waals surface area contributed by atoms with Crippen LogP contribution in [0.25, 0.3) is 21.9 Å². The Morgan fingerprint density at radius 1 is 0.889 bits per heavy atom. The summed E-state index contributed by atoms with van der Waals surface area (Å²) in [5.74, 6) is 2.74. The van der Waals surface area contributed by atoms with Crippen molar-refractivity contribution in [1.29, 1.82) is 0 Å². The molecule has 0 N–H and O–H groups in total. The first-order valence-electron chi connectivity index (χ1n) is 5.79. The first kappa shape index (κ1) is 10.6. The van der Waals surface area contributed by atoms with Crippen LogP contribution in [-0.4, -0.2) is 4.98 Å². The van der Waals surface area contributed by atoms with E-state index in [9.17, 15) is 0 Å². The molecule has 0 spiro atoms. The van der Waals surface area contributed by atoms with Gasteiger partial charge in [0.1, 0.15) is 0 Å². The van der Waals surface area contributed by atoms with Crippen molar-refractivity contribution in [3.05, 3.63) is 66.5 Å². The maximum Gasteiger partial charge on any atom is 0.0346 e. The minimum absolute atomic E-state index is 0.918. The number of terminal acetylenes is 1. The summed E-state index contributed by atoms with van der Waals surface area (Å²) in [6.45, 7) is 0. The van der Waals surface area contributed by atoms with Gasteiger partial charge in [-0.15, -0.1) is 6.42 Å². The van der Waals surface area contributed by atoms with E-state index in [-0.39, 0.29) is 0 Å². The number of rotatable bonds is 1. The second-order valence-corrected chi connectivity index (χ2v) is 4.09. The van der Waals surface area contributed by atoms with Gasteiger partial charge in [0.25, 0.3) is 0 Å². The third kappa shape index (κ3) is 1.65. The predicted molar refractivity (Wildman–Crippen MR) is 75.1 cm³/mol. The van der Waals surface area contributed by atoms with Crippen molar-refractivity contribution in [3.8, 4) is 23.5 Å². The maximum atomic E-state index is 5.57. The summed E-state index contributed by atoms with van der Waals surface area (Å²) in [6.07, 6.45) is 9.25. The van der Waals surface area contributed by atoms with Crippen molar-refractivity contribution in [2.24, 2.45) is 0 Å². The molecule has 1 nitrogen and oxygen atoms in total. The molecule has 18 heavy (non-hydrogen) atoms. The van der Waals surface area contributed by atoms with Crippen molar-refractivity contribution in [1.82, 2.24) is 4.98 Å². The van der Waals surface area contributed by atoms with Crippen molar-refractivity contribution in [3.63, 3.8) is 0 Å². The van der Waals surface area contributed by atoms with E-state index in [4.69, 9.17) is 6.42 Å². The second kappa shape index (κ2) is 4.35. The van der Waals surface area contributed by atoms with E-state index in [0.717, 1.165) is 22.1 Å². The van der Waals surface area contributed by atoms with E-state index < -0.39 is 0 Å². The highest BCUT2D eigenvalue weighted by Gasteiger charge is 2.06. The van der Waals surface area contributed by atoms with Crippen LogP contribution < -0.4 is 0 Å². The van der Waals surface area contributed by atoms with Gasteiger partial charge in [0.15, 0.2) is 0 Å². The molecule has 0 fully saturated rings. The van der Waals surface area contributed by atoms with Gasteiger partial charge in [-0.1, -0.05) is 42.3 Å². The zero-order valence-electron chi connectivity index (χ0n) is 9.80. The van der Waals surface area contributed by atoms with Crippen LogP contribution in [0, 0.1) is 12.3 Å². The molecular weight excluding hydrogens is 218 g/mol. The lowest BCUT2D eigenvalue weighted by Gasteiger charge is -2.08. The summed E-state index contributed by atoms with van der Waals surface area (Å²) < 4.78 is 0. The Morgan fingerprint density at radius 2 is 1.72 bits per heavy atom. The van der Waals surface area contributed by atoms with Crippen molar-refractivity contribution in [2.75, 3.05) is 0 Å². The molecule has 0 unspecified atom stereocenters. The number of benzene rings is 2. The lowest BCUT2D eigenvalue weighted by Crippen LogP contribution is -1.86. The molecule has 0 saturated carbocycles. The van der Waals surface area contributed by atoms with Crippen LogP contribution in [-0.2, 0) is 0 Å². The average Bonchev–Trinajstić information content (AvgIpc) is 2.46. The molecule has 3 aromatic rings.